The summed E-state index contributed by atoms with van der Waals surface area (Å²) in [4.78, 5) is 4.81. The predicted molar refractivity (Wildman–Crippen MR) is 54.2 cm³/mol. The molecule has 0 radical (unpaired) electrons. The molecule has 16 heavy (non-hydrogen) atoms. The van der Waals surface area contributed by atoms with Crippen molar-refractivity contribution in [2.75, 3.05) is 18.5 Å². The molecule has 0 aliphatic rings. The van der Waals surface area contributed by atoms with Gasteiger partial charge >= 0.3 is 6.18 Å². The maximum Gasteiger partial charge on any atom is 0.405 e. The summed E-state index contributed by atoms with van der Waals surface area (Å²) >= 11 is 0. The van der Waals surface area contributed by atoms with Gasteiger partial charge in [-0.2, -0.15) is 13.2 Å². The van der Waals surface area contributed by atoms with Gasteiger partial charge in [0.25, 0.3) is 0 Å². The third kappa shape index (κ3) is 3.69. The molecule has 0 aromatic carbocycles. The van der Waals surface area contributed by atoms with Gasteiger partial charge in [0.1, 0.15) is 12.4 Å². The zero-order valence-corrected chi connectivity index (χ0v) is 8.99. The summed E-state index contributed by atoms with van der Waals surface area (Å²) in [6.45, 7) is 0.478. The highest BCUT2D eigenvalue weighted by atomic mass is 19.4. The second-order valence-electron chi connectivity index (χ2n) is 3.59. The molecule has 0 aliphatic carbocycles. The summed E-state index contributed by atoms with van der Waals surface area (Å²) < 4.78 is 36.4. The molecule has 0 saturated heterocycles. The second kappa shape index (κ2) is 4.69. The monoisotopic (exact) mass is 234 g/mol. The van der Waals surface area contributed by atoms with E-state index in [2.05, 4.69) is 4.98 Å². The number of aromatic nitrogens is 1. The number of anilines is 1. The van der Waals surface area contributed by atoms with Crippen molar-refractivity contribution >= 4 is 5.82 Å². The van der Waals surface area contributed by atoms with Crippen molar-refractivity contribution < 1.29 is 18.3 Å². The Kier molecular flexibility index (Phi) is 3.74. The van der Waals surface area contributed by atoms with Gasteiger partial charge in [-0.15, -0.1) is 0 Å². The van der Waals surface area contributed by atoms with E-state index in [1.165, 1.54) is 19.3 Å². The molecule has 1 rings (SSSR count). The van der Waals surface area contributed by atoms with Crippen molar-refractivity contribution in [3.05, 3.63) is 23.9 Å². The number of aliphatic hydroxyl groups excluding tert-OH is 1. The summed E-state index contributed by atoms with van der Waals surface area (Å²) in [7, 11) is 1.31. The topological polar surface area (TPSA) is 36.4 Å². The van der Waals surface area contributed by atoms with Gasteiger partial charge in [-0.05, 0) is 24.6 Å². The van der Waals surface area contributed by atoms with Crippen LogP contribution in [0.4, 0.5) is 19.0 Å². The Hall–Kier alpha value is -1.30. The molecule has 0 spiro atoms. The van der Waals surface area contributed by atoms with E-state index >= 15 is 0 Å². The summed E-state index contributed by atoms with van der Waals surface area (Å²) in [5.41, 5.74) is 0.541. The van der Waals surface area contributed by atoms with E-state index in [0.717, 1.165) is 4.90 Å². The van der Waals surface area contributed by atoms with Crippen molar-refractivity contribution in [3.63, 3.8) is 0 Å². The average molecular weight is 234 g/mol. The first-order chi connectivity index (χ1) is 7.29. The number of alkyl halides is 3. The first kappa shape index (κ1) is 12.8. The molecule has 0 unspecified atom stereocenters. The van der Waals surface area contributed by atoms with Crippen LogP contribution in [0.2, 0.25) is 0 Å². The van der Waals surface area contributed by atoms with Crippen LogP contribution in [-0.4, -0.2) is 29.9 Å². The molecule has 1 N–H and O–H groups in total. The zero-order chi connectivity index (χ0) is 12.3. The van der Waals surface area contributed by atoms with Crippen LogP contribution in [0.3, 0.4) is 0 Å². The molecular weight excluding hydrogens is 221 g/mol. The van der Waals surface area contributed by atoms with Gasteiger partial charge < -0.3 is 10.0 Å². The Labute approximate surface area is 91.5 Å². The lowest BCUT2D eigenvalue weighted by Crippen LogP contribution is -2.31. The third-order valence-electron chi connectivity index (χ3n) is 2.06. The molecule has 0 bridgehead atoms. The lowest BCUT2D eigenvalue weighted by molar-refractivity contribution is -0.119. The minimum atomic E-state index is -4.27. The van der Waals surface area contributed by atoms with Crippen LogP contribution in [0.1, 0.15) is 18.6 Å². The molecule has 0 amide bonds. The molecule has 1 atom stereocenters. The van der Waals surface area contributed by atoms with E-state index in [1.807, 2.05) is 0 Å². The molecule has 1 heterocycles. The number of hydrogen-bond acceptors (Lipinski definition) is 3. The van der Waals surface area contributed by atoms with Crippen LogP contribution < -0.4 is 4.90 Å². The largest absolute Gasteiger partial charge is 0.405 e. The highest BCUT2D eigenvalue weighted by Crippen LogP contribution is 2.21. The number of halogens is 3. The van der Waals surface area contributed by atoms with Crippen molar-refractivity contribution in [1.29, 1.82) is 0 Å². The van der Waals surface area contributed by atoms with E-state index in [4.69, 9.17) is 0 Å². The minimum absolute atomic E-state index is 0.190. The maximum absolute atomic E-state index is 12.1. The normalized spacial score (nSPS) is 13.6. The van der Waals surface area contributed by atoms with E-state index in [1.54, 1.807) is 13.0 Å². The summed E-state index contributed by atoms with van der Waals surface area (Å²) in [5, 5.41) is 9.29. The molecule has 0 aliphatic heterocycles. The molecular formula is C10H13F3N2O. The Morgan fingerprint density at radius 1 is 1.50 bits per heavy atom. The molecule has 3 nitrogen and oxygen atoms in total. The molecule has 0 fully saturated rings. The lowest BCUT2D eigenvalue weighted by Gasteiger charge is -2.20. The van der Waals surface area contributed by atoms with Gasteiger partial charge in [0, 0.05) is 13.2 Å². The number of nitrogens with zero attached hydrogens (tertiary/aromatic N) is 2. The molecule has 90 valence electrons. The zero-order valence-electron chi connectivity index (χ0n) is 8.99. The number of aliphatic hydroxyl groups is 1. The lowest BCUT2D eigenvalue weighted by atomic mass is 10.2. The van der Waals surface area contributed by atoms with Crippen molar-refractivity contribution in [3.8, 4) is 0 Å². The van der Waals surface area contributed by atoms with Crippen LogP contribution in [0, 0.1) is 0 Å². The summed E-state index contributed by atoms with van der Waals surface area (Å²) in [5.74, 6) is 0.190. The Balaban J connectivity index is 2.83. The summed E-state index contributed by atoms with van der Waals surface area (Å²) in [6.07, 6.45) is -3.61. The fraction of sp³-hybridized carbons (Fsp3) is 0.500. The standard InChI is InChI=1S/C10H13F3N2O/c1-7(16)8-3-4-14-9(5-8)15(2)6-10(11,12)13/h3-5,7,16H,6H2,1-2H3/t7-/m1/s1. The predicted octanol–water partition coefficient (Wildman–Crippen LogP) is 2.13. The molecule has 1 aromatic rings. The van der Waals surface area contributed by atoms with Crippen molar-refractivity contribution in [1.82, 2.24) is 4.98 Å². The van der Waals surface area contributed by atoms with Gasteiger partial charge in [0.15, 0.2) is 0 Å². The molecule has 0 saturated carbocycles. The SMILES string of the molecule is C[C@@H](O)c1ccnc(N(C)CC(F)(F)F)c1. The molecule has 6 heteroatoms. The van der Waals surface area contributed by atoms with Gasteiger partial charge in [-0.1, -0.05) is 0 Å². The molecule has 1 aromatic heterocycles. The summed E-state index contributed by atoms with van der Waals surface area (Å²) in [6, 6.07) is 3.01. The van der Waals surface area contributed by atoms with Gasteiger partial charge in [0.2, 0.25) is 0 Å². The fourth-order valence-corrected chi connectivity index (χ4v) is 1.25. The maximum atomic E-state index is 12.1. The van der Waals surface area contributed by atoms with Crippen LogP contribution in [-0.2, 0) is 0 Å². The highest BCUT2D eigenvalue weighted by molar-refractivity contribution is 5.40. The van der Waals surface area contributed by atoms with Crippen LogP contribution in [0.15, 0.2) is 18.3 Å². The van der Waals surface area contributed by atoms with Crippen LogP contribution >= 0.6 is 0 Å². The van der Waals surface area contributed by atoms with Gasteiger partial charge in [0.05, 0.1) is 6.10 Å². The Morgan fingerprint density at radius 2 is 2.12 bits per heavy atom. The minimum Gasteiger partial charge on any atom is -0.389 e. The number of pyridine rings is 1. The third-order valence-corrected chi connectivity index (χ3v) is 2.06. The van der Waals surface area contributed by atoms with Crippen LogP contribution in [0.25, 0.3) is 0 Å². The Bertz CT molecular complexity index is 352. The Morgan fingerprint density at radius 3 is 2.62 bits per heavy atom. The number of hydrogen-bond donors (Lipinski definition) is 1. The quantitative estimate of drug-likeness (QED) is 0.870. The van der Waals surface area contributed by atoms with E-state index < -0.39 is 18.8 Å². The first-order valence-corrected chi connectivity index (χ1v) is 4.71. The smallest absolute Gasteiger partial charge is 0.389 e. The van der Waals surface area contributed by atoms with Crippen molar-refractivity contribution in [2.45, 2.75) is 19.2 Å². The highest BCUT2D eigenvalue weighted by Gasteiger charge is 2.29. The van der Waals surface area contributed by atoms with E-state index in [-0.39, 0.29) is 5.82 Å². The van der Waals surface area contributed by atoms with Crippen molar-refractivity contribution in [2.24, 2.45) is 0 Å². The fourth-order valence-electron chi connectivity index (χ4n) is 1.25. The van der Waals surface area contributed by atoms with Crippen LogP contribution in [0.5, 0.6) is 0 Å². The van der Waals surface area contributed by atoms with Gasteiger partial charge in [-0.25, -0.2) is 4.98 Å². The second-order valence-corrected chi connectivity index (χ2v) is 3.59. The van der Waals surface area contributed by atoms with E-state index in [0.29, 0.717) is 5.56 Å². The average Bonchev–Trinajstić information content (AvgIpc) is 2.15. The number of rotatable bonds is 3. The van der Waals surface area contributed by atoms with E-state index in [9.17, 15) is 18.3 Å². The first-order valence-electron chi connectivity index (χ1n) is 4.71. The van der Waals surface area contributed by atoms with Gasteiger partial charge in [-0.3, -0.25) is 0 Å².